The number of benzene rings is 1. The van der Waals surface area contributed by atoms with E-state index in [1.165, 1.54) is 6.92 Å². The molecule has 40 heavy (non-hydrogen) atoms. The van der Waals surface area contributed by atoms with Gasteiger partial charge < -0.3 is 31.1 Å². The molecule has 0 bridgehead atoms. The lowest BCUT2D eigenvalue weighted by molar-refractivity contribution is -0.157. The highest BCUT2D eigenvalue weighted by Gasteiger charge is 2.32. The normalized spacial score (nSPS) is 15.4. The summed E-state index contributed by atoms with van der Waals surface area (Å²) in [7, 11) is 0. The van der Waals surface area contributed by atoms with Gasteiger partial charge in [-0.2, -0.15) is 0 Å². The van der Waals surface area contributed by atoms with Crippen LogP contribution in [0.4, 0.5) is 0 Å². The largest absolute Gasteiger partial charge is 0.461 e. The van der Waals surface area contributed by atoms with Gasteiger partial charge in [-0.3, -0.25) is 19.2 Å². The number of carbonyl (C=O) groups excluding carboxylic acids is 5. The number of esters is 1. The second-order valence-electron chi connectivity index (χ2n) is 10.7. The molecule has 1 aromatic carbocycles. The number of hydrogen-bond acceptors (Lipinski definition) is 7. The minimum absolute atomic E-state index is 0.0760. The molecule has 3 rings (SSSR count). The van der Waals surface area contributed by atoms with Gasteiger partial charge in [0, 0.05) is 36.9 Å². The van der Waals surface area contributed by atoms with E-state index in [1.54, 1.807) is 6.20 Å². The molecule has 0 radical (unpaired) electrons. The van der Waals surface area contributed by atoms with Crippen LogP contribution < -0.4 is 16.0 Å². The zero-order chi connectivity index (χ0) is 29.2. The van der Waals surface area contributed by atoms with Crippen molar-refractivity contribution in [2.75, 3.05) is 0 Å². The molecule has 5 N–H and O–H groups in total. The lowest BCUT2D eigenvalue weighted by Crippen LogP contribution is -2.56. The fourth-order valence-corrected chi connectivity index (χ4v) is 4.57. The van der Waals surface area contributed by atoms with Gasteiger partial charge in [-0.1, -0.05) is 32.0 Å². The van der Waals surface area contributed by atoms with Gasteiger partial charge in [0.25, 0.3) is 0 Å². The Kier molecular flexibility index (Phi) is 11.0. The number of para-hydroxylation sites is 1. The van der Waals surface area contributed by atoms with Crippen LogP contribution in [0.15, 0.2) is 30.5 Å². The summed E-state index contributed by atoms with van der Waals surface area (Å²) in [5.41, 5.74) is 1.69. The quantitative estimate of drug-likeness (QED) is 0.167. The summed E-state index contributed by atoms with van der Waals surface area (Å²) in [6.07, 6.45) is 5.10. The third kappa shape index (κ3) is 8.75. The number of carbonyl (C=O) groups is 5. The van der Waals surface area contributed by atoms with E-state index >= 15 is 0 Å². The molecule has 1 aliphatic carbocycles. The molecular formula is C29H39N5O6. The average molecular weight is 554 g/mol. The second kappa shape index (κ2) is 14.4. The molecule has 1 saturated carbocycles. The van der Waals surface area contributed by atoms with Crippen LogP contribution in [0.3, 0.4) is 0 Å². The van der Waals surface area contributed by atoms with Gasteiger partial charge in [0.2, 0.25) is 17.7 Å². The highest BCUT2D eigenvalue weighted by Crippen LogP contribution is 2.23. The van der Waals surface area contributed by atoms with Crippen LogP contribution >= 0.6 is 0 Å². The van der Waals surface area contributed by atoms with Crippen molar-refractivity contribution in [3.8, 4) is 0 Å². The van der Waals surface area contributed by atoms with Gasteiger partial charge in [-0.25, -0.2) is 4.79 Å². The van der Waals surface area contributed by atoms with E-state index in [-0.39, 0.29) is 31.3 Å². The van der Waals surface area contributed by atoms with E-state index in [0.717, 1.165) is 35.7 Å². The molecule has 0 aliphatic heterocycles. The number of ketones is 1. The molecule has 0 unspecified atom stereocenters. The number of H-pyrrole nitrogens is 1. The number of aromatic nitrogens is 1. The standard InChI is InChI=1S/C29H39N5O6/c1-17(2)13-26(29(39)40-21-7-6-8-21)34-27(37)24(12-11-20(36)15-30)33-28(38)25(32-18(3)35)14-19-16-31-23-10-5-4-9-22(19)23/h4-5,9-10,15-17,21,24-26,30-31H,6-8,11-14H2,1-3H3,(H,32,35)(H,33,38)(H,34,37)/t24-,25-,26-/m0/s1. The Morgan fingerprint density at radius 2 is 1.70 bits per heavy atom. The van der Waals surface area contributed by atoms with Gasteiger partial charge in [0.1, 0.15) is 24.2 Å². The molecule has 11 nitrogen and oxygen atoms in total. The number of ether oxygens (including phenoxy) is 1. The van der Waals surface area contributed by atoms with Gasteiger partial charge in [0.15, 0.2) is 5.78 Å². The highest BCUT2D eigenvalue weighted by atomic mass is 16.5. The second-order valence-corrected chi connectivity index (χ2v) is 10.7. The van der Waals surface area contributed by atoms with E-state index in [9.17, 15) is 24.0 Å². The van der Waals surface area contributed by atoms with Crippen LogP contribution in [0.25, 0.3) is 10.9 Å². The van der Waals surface area contributed by atoms with E-state index in [2.05, 4.69) is 20.9 Å². The zero-order valence-electron chi connectivity index (χ0n) is 23.3. The summed E-state index contributed by atoms with van der Waals surface area (Å²) < 4.78 is 5.53. The first-order valence-corrected chi connectivity index (χ1v) is 13.7. The summed E-state index contributed by atoms with van der Waals surface area (Å²) >= 11 is 0. The molecular weight excluding hydrogens is 514 g/mol. The molecule has 1 aromatic heterocycles. The molecule has 3 atom stereocenters. The van der Waals surface area contributed by atoms with Gasteiger partial charge >= 0.3 is 5.97 Å². The first kappa shape index (κ1) is 30.5. The molecule has 3 amide bonds. The van der Waals surface area contributed by atoms with Gasteiger partial charge in [-0.15, -0.1) is 0 Å². The fraction of sp³-hybridized carbons (Fsp3) is 0.517. The summed E-state index contributed by atoms with van der Waals surface area (Å²) in [5, 5.41) is 16.1. The first-order chi connectivity index (χ1) is 19.1. The molecule has 2 aromatic rings. The zero-order valence-corrected chi connectivity index (χ0v) is 23.3. The smallest absolute Gasteiger partial charge is 0.328 e. The Bertz CT molecular complexity index is 1230. The van der Waals surface area contributed by atoms with Crippen molar-refractivity contribution in [3.63, 3.8) is 0 Å². The third-order valence-corrected chi connectivity index (χ3v) is 6.91. The highest BCUT2D eigenvalue weighted by molar-refractivity contribution is 6.26. The Labute approximate surface area is 233 Å². The SMILES string of the molecule is CC(=O)N[C@@H](Cc1c[nH]c2ccccc12)C(=O)N[C@@H](CCC(=O)C=N)C(=O)N[C@@H](CC(C)C)C(=O)OC1CCC1. The van der Waals surface area contributed by atoms with Crippen molar-refractivity contribution in [3.05, 3.63) is 36.0 Å². The Morgan fingerprint density at radius 1 is 1.02 bits per heavy atom. The Balaban J connectivity index is 1.77. The Morgan fingerprint density at radius 3 is 2.33 bits per heavy atom. The lowest BCUT2D eigenvalue weighted by Gasteiger charge is -2.29. The fourth-order valence-electron chi connectivity index (χ4n) is 4.57. The molecule has 0 spiro atoms. The summed E-state index contributed by atoms with van der Waals surface area (Å²) in [6, 6.07) is 4.47. The number of nitrogens with one attached hydrogen (secondary N) is 5. The summed E-state index contributed by atoms with van der Waals surface area (Å²) in [4.78, 5) is 66.6. The topological polar surface area (TPSA) is 170 Å². The van der Waals surface area contributed by atoms with E-state index in [1.807, 2.05) is 38.1 Å². The summed E-state index contributed by atoms with van der Waals surface area (Å²) in [6.45, 7) is 5.13. The average Bonchev–Trinajstić information content (AvgIpc) is 3.29. The minimum atomic E-state index is -1.18. The van der Waals surface area contributed by atoms with E-state index < -0.39 is 47.6 Å². The van der Waals surface area contributed by atoms with Crippen molar-refractivity contribution in [2.45, 2.75) is 89.9 Å². The van der Waals surface area contributed by atoms with Crippen LogP contribution in [0.5, 0.6) is 0 Å². The Hall–Kier alpha value is -4.02. The minimum Gasteiger partial charge on any atom is -0.461 e. The molecule has 216 valence electrons. The van der Waals surface area contributed by atoms with Crippen molar-refractivity contribution in [1.29, 1.82) is 5.41 Å². The number of fused-ring (bicyclic) bond motifs is 1. The predicted molar refractivity (Wildman–Crippen MR) is 150 cm³/mol. The molecule has 1 fully saturated rings. The molecule has 0 saturated heterocycles. The monoisotopic (exact) mass is 553 g/mol. The van der Waals surface area contributed by atoms with Crippen LogP contribution in [0, 0.1) is 11.3 Å². The van der Waals surface area contributed by atoms with Crippen LogP contribution in [-0.4, -0.2) is 64.9 Å². The van der Waals surface area contributed by atoms with Crippen molar-refractivity contribution in [2.24, 2.45) is 5.92 Å². The van der Waals surface area contributed by atoms with E-state index in [4.69, 9.17) is 10.1 Å². The van der Waals surface area contributed by atoms with E-state index in [0.29, 0.717) is 12.6 Å². The van der Waals surface area contributed by atoms with Crippen molar-refractivity contribution in [1.82, 2.24) is 20.9 Å². The maximum Gasteiger partial charge on any atom is 0.328 e. The van der Waals surface area contributed by atoms with Crippen LogP contribution in [-0.2, 0) is 35.1 Å². The van der Waals surface area contributed by atoms with Crippen LogP contribution in [0.1, 0.15) is 64.9 Å². The van der Waals surface area contributed by atoms with Crippen molar-refractivity contribution >= 4 is 46.6 Å². The maximum absolute atomic E-state index is 13.4. The third-order valence-electron chi connectivity index (χ3n) is 6.91. The van der Waals surface area contributed by atoms with Gasteiger partial charge in [0.05, 0.1) is 6.21 Å². The van der Waals surface area contributed by atoms with Crippen molar-refractivity contribution < 1.29 is 28.7 Å². The van der Waals surface area contributed by atoms with Gasteiger partial charge in [-0.05, 0) is 49.7 Å². The number of rotatable bonds is 15. The lowest BCUT2D eigenvalue weighted by atomic mass is 9.96. The molecule has 1 aliphatic rings. The number of aromatic amines is 1. The number of Topliss-reactive ketones (excluding diaryl/α,β-unsaturated/α-hetero) is 1. The molecule has 11 heteroatoms. The number of hydrogen-bond donors (Lipinski definition) is 5. The molecule has 1 heterocycles. The van der Waals surface area contributed by atoms with Crippen LogP contribution in [0.2, 0.25) is 0 Å². The summed E-state index contributed by atoms with van der Waals surface area (Å²) in [5.74, 6) is -2.63. The first-order valence-electron chi connectivity index (χ1n) is 13.7. The predicted octanol–water partition coefficient (Wildman–Crippen LogP) is 2.33. The maximum atomic E-state index is 13.4. The number of amides is 3.